The quantitative estimate of drug-likeness (QED) is 0.545. The van der Waals surface area contributed by atoms with Crippen LogP contribution in [-0.4, -0.2) is 18.3 Å². The second kappa shape index (κ2) is 8.36. The maximum absolute atomic E-state index is 12.2. The van der Waals surface area contributed by atoms with E-state index < -0.39 is 0 Å². The highest BCUT2D eigenvalue weighted by atomic mass is 35.5. The molecule has 0 aliphatic heterocycles. The first-order valence-electron chi connectivity index (χ1n) is 7.59. The zero-order valence-electron chi connectivity index (χ0n) is 13.4. The van der Waals surface area contributed by atoms with E-state index in [9.17, 15) is 9.59 Å². The molecular formula is C19H13Cl2NO3S. The molecule has 0 saturated heterocycles. The van der Waals surface area contributed by atoms with Crippen LogP contribution >= 0.6 is 34.5 Å². The Balaban J connectivity index is 1.63. The summed E-state index contributed by atoms with van der Waals surface area (Å²) in [4.78, 5) is 24.9. The number of amides is 1. The van der Waals surface area contributed by atoms with E-state index in [0.717, 1.165) is 0 Å². The van der Waals surface area contributed by atoms with Gasteiger partial charge in [0.2, 0.25) is 5.78 Å². The van der Waals surface area contributed by atoms with Gasteiger partial charge in [-0.1, -0.05) is 35.3 Å². The van der Waals surface area contributed by atoms with Crippen LogP contribution in [0.1, 0.15) is 20.0 Å². The number of thiophene rings is 1. The average molecular weight is 406 g/mol. The summed E-state index contributed by atoms with van der Waals surface area (Å²) < 4.78 is 5.53. The van der Waals surface area contributed by atoms with Crippen molar-refractivity contribution in [2.45, 2.75) is 0 Å². The number of carbonyl (C=O) groups is 2. The van der Waals surface area contributed by atoms with E-state index in [1.165, 1.54) is 17.4 Å². The molecule has 4 nitrogen and oxygen atoms in total. The fourth-order valence-electron chi connectivity index (χ4n) is 2.21. The van der Waals surface area contributed by atoms with Gasteiger partial charge in [0.05, 0.1) is 9.90 Å². The number of benzene rings is 2. The second-order valence-electron chi connectivity index (χ2n) is 5.30. The summed E-state index contributed by atoms with van der Waals surface area (Å²) in [6.45, 7) is -0.177. The molecule has 132 valence electrons. The lowest BCUT2D eigenvalue weighted by molar-refractivity contribution is 0.0921. The highest BCUT2D eigenvalue weighted by Crippen LogP contribution is 2.23. The summed E-state index contributed by atoms with van der Waals surface area (Å²) >= 11 is 13.2. The minimum atomic E-state index is -0.264. The minimum Gasteiger partial charge on any atom is -0.485 e. The van der Waals surface area contributed by atoms with Crippen molar-refractivity contribution < 1.29 is 14.3 Å². The summed E-state index contributed by atoms with van der Waals surface area (Å²) in [5, 5.41) is 5.37. The molecule has 0 bridgehead atoms. The van der Waals surface area contributed by atoms with Crippen molar-refractivity contribution in [1.29, 1.82) is 0 Å². The van der Waals surface area contributed by atoms with E-state index in [1.54, 1.807) is 42.5 Å². The fraction of sp³-hybridized carbons (Fsp3) is 0.0526. The zero-order valence-corrected chi connectivity index (χ0v) is 15.7. The molecule has 3 rings (SSSR count). The first-order valence-corrected chi connectivity index (χ1v) is 9.22. The predicted octanol–water partition coefficient (Wildman–Crippen LogP) is 5.57. The number of hydrogen-bond acceptors (Lipinski definition) is 4. The van der Waals surface area contributed by atoms with Crippen LogP contribution in [-0.2, 0) is 0 Å². The summed E-state index contributed by atoms with van der Waals surface area (Å²) in [6, 6.07) is 15.1. The number of ether oxygens (including phenoxy) is 1. The van der Waals surface area contributed by atoms with Gasteiger partial charge in [-0.2, -0.15) is 0 Å². The Hall–Kier alpha value is -2.34. The van der Waals surface area contributed by atoms with Gasteiger partial charge < -0.3 is 10.1 Å². The molecule has 1 aromatic heterocycles. The van der Waals surface area contributed by atoms with Gasteiger partial charge in [-0.05, 0) is 41.8 Å². The number of anilines is 1. The molecule has 0 aliphatic carbocycles. The number of nitrogens with one attached hydrogen (secondary N) is 1. The molecule has 7 heteroatoms. The average Bonchev–Trinajstić information content (AvgIpc) is 3.15. The van der Waals surface area contributed by atoms with Crippen molar-refractivity contribution in [2.75, 3.05) is 11.9 Å². The molecule has 0 fully saturated rings. The van der Waals surface area contributed by atoms with Gasteiger partial charge in [0, 0.05) is 22.3 Å². The number of Topliss-reactive ketones (excluding diaryl/α,β-unsaturated/α-hetero) is 1. The number of ketones is 1. The van der Waals surface area contributed by atoms with Crippen molar-refractivity contribution in [1.82, 2.24) is 0 Å². The lowest BCUT2D eigenvalue weighted by atomic mass is 10.1. The van der Waals surface area contributed by atoms with Gasteiger partial charge in [-0.25, -0.2) is 0 Å². The van der Waals surface area contributed by atoms with Crippen LogP contribution in [0.4, 0.5) is 5.69 Å². The number of hydrogen-bond donors (Lipinski definition) is 1. The molecule has 0 saturated carbocycles. The van der Waals surface area contributed by atoms with Crippen molar-refractivity contribution in [3.05, 3.63) is 80.5 Å². The molecule has 1 N–H and O–H groups in total. The Labute approximate surface area is 164 Å². The van der Waals surface area contributed by atoms with Crippen molar-refractivity contribution in [3.8, 4) is 5.75 Å². The summed E-state index contributed by atoms with van der Waals surface area (Å²) in [5.74, 6) is 0.00767. The van der Waals surface area contributed by atoms with Crippen molar-refractivity contribution in [3.63, 3.8) is 0 Å². The molecule has 0 aliphatic rings. The number of carbonyl (C=O) groups excluding carboxylic acids is 2. The standard InChI is InChI=1S/C19H13Cl2NO3S/c20-12-6-7-15(16(21)9-12)17(23)11-25-14-4-1-3-13(10-14)22-19(24)18-5-2-8-26-18/h1-10H,11H2,(H,22,24). The molecule has 3 aromatic rings. The molecule has 0 spiro atoms. The summed E-state index contributed by atoms with van der Waals surface area (Å²) in [6.07, 6.45) is 0. The highest BCUT2D eigenvalue weighted by molar-refractivity contribution is 7.12. The molecule has 1 heterocycles. The molecule has 0 radical (unpaired) electrons. The van der Waals surface area contributed by atoms with Crippen molar-refractivity contribution in [2.24, 2.45) is 0 Å². The van der Waals surface area contributed by atoms with Gasteiger partial charge in [0.1, 0.15) is 5.75 Å². The maximum atomic E-state index is 12.2. The first kappa shape index (κ1) is 18.5. The van der Waals surface area contributed by atoms with Gasteiger partial charge >= 0.3 is 0 Å². The van der Waals surface area contributed by atoms with E-state index in [4.69, 9.17) is 27.9 Å². The predicted molar refractivity (Wildman–Crippen MR) is 105 cm³/mol. The van der Waals surface area contributed by atoms with E-state index in [1.807, 2.05) is 11.4 Å². The van der Waals surface area contributed by atoms with Gasteiger partial charge in [0.15, 0.2) is 6.61 Å². The van der Waals surface area contributed by atoms with Crippen LogP contribution in [0.25, 0.3) is 0 Å². The lowest BCUT2D eigenvalue weighted by Crippen LogP contribution is -2.13. The number of rotatable bonds is 6. The monoisotopic (exact) mass is 405 g/mol. The molecule has 2 aromatic carbocycles. The Morgan fingerprint density at radius 2 is 1.88 bits per heavy atom. The Morgan fingerprint density at radius 1 is 1.04 bits per heavy atom. The van der Waals surface area contributed by atoms with E-state index in [-0.39, 0.29) is 23.3 Å². The van der Waals surface area contributed by atoms with Crippen LogP contribution < -0.4 is 10.1 Å². The molecule has 0 atom stereocenters. The van der Waals surface area contributed by atoms with Crippen LogP contribution in [0.5, 0.6) is 5.75 Å². The van der Waals surface area contributed by atoms with Crippen LogP contribution in [0.2, 0.25) is 10.0 Å². The number of halogens is 2. The Bertz CT molecular complexity index is 942. The summed E-state index contributed by atoms with van der Waals surface area (Å²) in [5.41, 5.74) is 0.927. The third-order valence-electron chi connectivity index (χ3n) is 3.44. The van der Waals surface area contributed by atoms with E-state index >= 15 is 0 Å². The Morgan fingerprint density at radius 3 is 2.62 bits per heavy atom. The first-order chi connectivity index (χ1) is 12.5. The van der Waals surface area contributed by atoms with Gasteiger partial charge in [0.25, 0.3) is 5.91 Å². The van der Waals surface area contributed by atoms with E-state index in [2.05, 4.69) is 5.32 Å². The third-order valence-corrected chi connectivity index (χ3v) is 4.85. The lowest BCUT2D eigenvalue weighted by Gasteiger charge is -2.09. The molecule has 1 amide bonds. The largest absolute Gasteiger partial charge is 0.485 e. The van der Waals surface area contributed by atoms with Crippen LogP contribution in [0.15, 0.2) is 60.0 Å². The van der Waals surface area contributed by atoms with Gasteiger partial charge in [-0.3, -0.25) is 9.59 Å². The van der Waals surface area contributed by atoms with Crippen LogP contribution in [0.3, 0.4) is 0 Å². The van der Waals surface area contributed by atoms with E-state index in [0.29, 0.717) is 26.9 Å². The third kappa shape index (κ3) is 4.64. The fourth-order valence-corrected chi connectivity index (χ4v) is 3.34. The highest BCUT2D eigenvalue weighted by Gasteiger charge is 2.12. The van der Waals surface area contributed by atoms with Crippen molar-refractivity contribution >= 4 is 51.9 Å². The molecule has 26 heavy (non-hydrogen) atoms. The minimum absolute atomic E-state index is 0.177. The second-order valence-corrected chi connectivity index (χ2v) is 7.09. The molecule has 0 unspecified atom stereocenters. The van der Waals surface area contributed by atoms with Gasteiger partial charge in [-0.15, -0.1) is 11.3 Å². The van der Waals surface area contributed by atoms with Crippen LogP contribution in [0, 0.1) is 0 Å². The topological polar surface area (TPSA) is 55.4 Å². The summed E-state index contributed by atoms with van der Waals surface area (Å²) in [7, 11) is 0. The molecular weight excluding hydrogens is 393 g/mol. The SMILES string of the molecule is O=C(Nc1cccc(OCC(=O)c2ccc(Cl)cc2Cl)c1)c1cccs1. The normalized spacial score (nSPS) is 10.4. The Kier molecular flexibility index (Phi) is 5.93. The maximum Gasteiger partial charge on any atom is 0.265 e. The smallest absolute Gasteiger partial charge is 0.265 e. The zero-order chi connectivity index (χ0) is 18.5.